The van der Waals surface area contributed by atoms with E-state index in [9.17, 15) is 4.79 Å². The van der Waals surface area contributed by atoms with Gasteiger partial charge in [0.2, 0.25) is 0 Å². The molecule has 1 aromatic rings. The van der Waals surface area contributed by atoms with Gasteiger partial charge in [-0.05, 0) is 44.4 Å². The monoisotopic (exact) mass is 339 g/mol. The van der Waals surface area contributed by atoms with Crippen molar-refractivity contribution in [3.05, 3.63) is 29.8 Å². The molecule has 20 heavy (non-hydrogen) atoms. The minimum absolute atomic E-state index is 0.0931. The van der Waals surface area contributed by atoms with Crippen LogP contribution in [0.3, 0.4) is 0 Å². The molecule has 0 saturated carbocycles. The number of alkyl halides is 1. The molecule has 2 unspecified atom stereocenters. The van der Waals surface area contributed by atoms with Gasteiger partial charge in [0.15, 0.2) is 0 Å². The molecule has 1 aliphatic heterocycles. The van der Waals surface area contributed by atoms with Crippen molar-refractivity contribution in [2.24, 2.45) is 5.92 Å². The predicted molar refractivity (Wildman–Crippen MR) is 84.6 cm³/mol. The quantitative estimate of drug-likeness (QED) is 0.785. The Morgan fingerprint density at radius 1 is 1.45 bits per heavy atom. The Bertz CT molecular complexity index is 475. The molecule has 1 amide bonds. The first-order valence-corrected chi connectivity index (χ1v) is 8.09. The van der Waals surface area contributed by atoms with Crippen LogP contribution in [0.25, 0.3) is 0 Å². The lowest BCUT2D eigenvalue weighted by Crippen LogP contribution is -2.43. The summed E-state index contributed by atoms with van der Waals surface area (Å²) in [5.74, 6) is 1.47. The maximum Gasteiger partial charge on any atom is 0.254 e. The van der Waals surface area contributed by atoms with Crippen LogP contribution in [0.15, 0.2) is 24.3 Å². The van der Waals surface area contributed by atoms with Crippen LogP contribution >= 0.6 is 15.9 Å². The molecule has 1 aromatic carbocycles. The second kappa shape index (κ2) is 6.61. The molecule has 0 aliphatic carbocycles. The van der Waals surface area contributed by atoms with E-state index in [1.165, 1.54) is 0 Å². The summed E-state index contributed by atoms with van der Waals surface area (Å²) in [7, 11) is 0. The van der Waals surface area contributed by atoms with Gasteiger partial charge in [0, 0.05) is 23.5 Å². The van der Waals surface area contributed by atoms with E-state index in [-0.39, 0.29) is 12.0 Å². The maximum atomic E-state index is 12.5. The lowest BCUT2D eigenvalue weighted by molar-refractivity contribution is 0.0705. The number of nitrogens with zero attached hydrogens (tertiary/aromatic N) is 1. The third kappa shape index (κ3) is 3.75. The fourth-order valence-corrected chi connectivity index (χ4v) is 2.98. The fraction of sp³-hybridized carbons (Fsp3) is 0.562. The Morgan fingerprint density at radius 2 is 2.20 bits per heavy atom. The van der Waals surface area contributed by atoms with E-state index in [1.54, 1.807) is 0 Å². The van der Waals surface area contributed by atoms with Gasteiger partial charge in [0.05, 0.1) is 6.10 Å². The first kappa shape index (κ1) is 15.4. The van der Waals surface area contributed by atoms with Crippen molar-refractivity contribution < 1.29 is 9.53 Å². The minimum Gasteiger partial charge on any atom is -0.491 e. The second-order valence-electron chi connectivity index (χ2n) is 5.73. The van der Waals surface area contributed by atoms with E-state index in [2.05, 4.69) is 22.9 Å². The molecule has 1 fully saturated rings. The van der Waals surface area contributed by atoms with E-state index >= 15 is 0 Å². The number of carbonyl (C=O) groups excluding carboxylic acids is 1. The molecule has 110 valence electrons. The summed E-state index contributed by atoms with van der Waals surface area (Å²) in [5.41, 5.74) is 0.706. The molecule has 0 N–H and O–H groups in total. The van der Waals surface area contributed by atoms with Crippen LogP contribution in [-0.2, 0) is 0 Å². The molecule has 0 radical (unpaired) electrons. The van der Waals surface area contributed by atoms with Crippen LogP contribution in [0, 0.1) is 5.92 Å². The number of piperidine rings is 1. The Balaban J connectivity index is 2.09. The molecule has 2 rings (SSSR count). The van der Waals surface area contributed by atoms with Gasteiger partial charge in [-0.1, -0.05) is 28.9 Å². The van der Waals surface area contributed by atoms with Crippen LogP contribution in [-0.4, -0.2) is 34.8 Å². The normalized spacial score (nSPS) is 22.9. The van der Waals surface area contributed by atoms with Crippen molar-refractivity contribution in [2.45, 2.75) is 38.1 Å². The average molecular weight is 340 g/mol. The van der Waals surface area contributed by atoms with Gasteiger partial charge in [0.1, 0.15) is 5.75 Å². The van der Waals surface area contributed by atoms with Gasteiger partial charge in [0.25, 0.3) is 5.91 Å². The van der Waals surface area contributed by atoms with Crippen molar-refractivity contribution in [3.63, 3.8) is 0 Å². The number of likely N-dealkylation sites (tertiary alicyclic amines) is 1. The number of carbonyl (C=O) groups is 1. The van der Waals surface area contributed by atoms with Gasteiger partial charge in [-0.25, -0.2) is 0 Å². The lowest BCUT2D eigenvalue weighted by atomic mass is 9.98. The maximum absolute atomic E-state index is 12.5. The number of benzene rings is 1. The zero-order chi connectivity index (χ0) is 14.7. The number of hydrogen-bond donors (Lipinski definition) is 0. The smallest absolute Gasteiger partial charge is 0.254 e. The Hall–Kier alpha value is -1.03. The zero-order valence-electron chi connectivity index (χ0n) is 12.3. The first-order valence-electron chi connectivity index (χ1n) is 7.17. The van der Waals surface area contributed by atoms with Crippen LogP contribution in [0.2, 0.25) is 0 Å². The van der Waals surface area contributed by atoms with Gasteiger partial charge < -0.3 is 9.64 Å². The highest BCUT2D eigenvalue weighted by atomic mass is 79.9. The first-order chi connectivity index (χ1) is 9.47. The van der Waals surface area contributed by atoms with Crippen molar-refractivity contribution in [3.8, 4) is 5.75 Å². The number of halogens is 1. The summed E-state index contributed by atoms with van der Waals surface area (Å²) in [4.78, 5) is 14.8. The average Bonchev–Trinajstić information content (AvgIpc) is 2.40. The summed E-state index contributed by atoms with van der Waals surface area (Å²) in [6.45, 7) is 7.79. The molecule has 4 heteroatoms. The third-order valence-corrected chi connectivity index (χ3v) is 4.80. The van der Waals surface area contributed by atoms with E-state index < -0.39 is 0 Å². The number of ether oxygens (including phenoxy) is 1. The lowest BCUT2D eigenvalue weighted by Gasteiger charge is -2.34. The standard InChI is InChI=1S/C16H22BrNO2/c1-11(2)20-14-6-4-5-13(9-14)16(19)18-8-7-12(3)15(17)10-18/h4-6,9,11-12,15H,7-8,10H2,1-3H3. The third-order valence-electron chi connectivity index (χ3n) is 3.61. The largest absolute Gasteiger partial charge is 0.491 e. The SMILES string of the molecule is CC(C)Oc1cccc(C(=O)N2CCC(C)C(Br)C2)c1. The van der Waals surface area contributed by atoms with E-state index in [4.69, 9.17) is 4.74 Å². The Morgan fingerprint density at radius 3 is 2.85 bits per heavy atom. The highest BCUT2D eigenvalue weighted by Gasteiger charge is 2.27. The number of hydrogen-bond acceptors (Lipinski definition) is 2. The van der Waals surface area contributed by atoms with Crippen LogP contribution in [0.1, 0.15) is 37.6 Å². The molecule has 1 saturated heterocycles. The van der Waals surface area contributed by atoms with Crippen molar-refractivity contribution in [2.75, 3.05) is 13.1 Å². The molecule has 0 bridgehead atoms. The molecule has 2 atom stereocenters. The second-order valence-corrected chi connectivity index (χ2v) is 6.90. The highest BCUT2D eigenvalue weighted by Crippen LogP contribution is 2.25. The zero-order valence-corrected chi connectivity index (χ0v) is 13.9. The van der Waals surface area contributed by atoms with E-state index in [0.717, 1.165) is 25.3 Å². The van der Waals surface area contributed by atoms with Gasteiger partial charge in [-0.3, -0.25) is 4.79 Å². The molecule has 1 aliphatic rings. The molecule has 0 spiro atoms. The summed E-state index contributed by atoms with van der Waals surface area (Å²) < 4.78 is 5.65. The molecule has 0 aromatic heterocycles. The predicted octanol–water partition coefficient (Wildman–Crippen LogP) is 3.72. The highest BCUT2D eigenvalue weighted by molar-refractivity contribution is 9.09. The Labute approximate surface area is 129 Å². The molecule has 3 nitrogen and oxygen atoms in total. The van der Waals surface area contributed by atoms with Crippen molar-refractivity contribution in [1.29, 1.82) is 0 Å². The van der Waals surface area contributed by atoms with E-state index in [0.29, 0.717) is 16.3 Å². The van der Waals surface area contributed by atoms with Gasteiger partial charge >= 0.3 is 0 Å². The number of amides is 1. The summed E-state index contributed by atoms with van der Waals surface area (Å²) >= 11 is 3.66. The van der Waals surface area contributed by atoms with Crippen LogP contribution in [0.5, 0.6) is 5.75 Å². The number of rotatable bonds is 3. The topological polar surface area (TPSA) is 29.5 Å². The molecular weight excluding hydrogens is 318 g/mol. The van der Waals surface area contributed by atoms with E-state index in [1.807, 2.05) is 43.0 Å². The minimum atomic E-state index is 0.0931. The fourth-order valence-electron chi connectivity index (χ4n) is 2.36. The molecular formula is C16H22BrNO2. The summed E-state index contributed by atoms with van der Waals surface area (Å²) in [6, 6.07) is 7.46. The van der Waals surface area contributed by atoms with Crippen LogP contribution in [0.4, 0.5) is 0 Å². The van der Waals surface area contributed by atoms with Gasteiger partial charge in [-0.15, -0.1) is 0 Å². The van der Waals surface area contributed by atoms with Crippen molar-refractivity contribution >= 4 is 21.8 Å². The van der Waals surface area contributed by atoms with Crippen molar-refractivity contribution in [1.82, 2.24) is 4.90 Å². The van der Waals surface area contributed by atoms with Gasteiger partial charge in [-0.2, -0.15) is 0 Å². The Kier molecular flexibility index (Phi) is 5.08. The summed E-state index contributed by atoms with van der Waals surface area (Å²) in [6.07, 6.45) is 1.16. The molecule has 1 heterocycles. The summed E-state index contributed by atoms with van der Waals surface area (Å²) in [5, 5.41) is 0. The van der Waals surface area contributed by atoms with Crippen LogP contribution < -0.4 is 4.74 Å².